The number of nitrogens with zero attached hydrogens (tertiary/aromatic N) is 4. The Morgan fingerprint density at radius 3 is 2.76 bits per heavy atom. The van der Waals surface area contributed by atoms with E-state index in [-0.39, 0.29) is 18.0 Å². The summed E-state index contributed by atoms with van der Waals surface area (Å²) >= 11 is 0. The molecule has 0 bridgehead atoms. The summed E-state index contributed by atoms with van der Waals surface area (Å²) in [7, 11) is 0. The predicted octanol–water partition coefficient (Wildman–Crippen LogP) is 2.71. The van der Waals surface area contributed by atoms with Crippen molar-refractivity contribution in [1.29, 1.82) is 0 Å². The normalized spacial score (nSPS) is 16.7. The number of carbonyl (C=O) groups is 1. The van der Waals surface area contributed by atoms with Crippen LogP contribution in [0.15, 0.2) is 30.9 Å². The Kier molecular flexibility index (Phi) is 5.25. The molecule has 6 nitrogen and oxygen atoms in total. The molecule has 1 aliphatic heterocycles. The van der Waals surface area contributed by atoms with E-state index in [0.717, 1.165) is 18.9 Å². The Morgan fingerprint density at radius 2 is 2.12 bits per heavy atom. The molecule has 1 N–H and O–H groups in total. The summed E-state index contributed by atoms with van der Waals surface area (Å²) in [6.07, 6.45) is 4.84. The molecule has 2 amide bonds. The number of hydrogen-bond donors (Lipinski definition) is 1. The zero-order valence-corrected chi connectivity index (χ0v) is 14.0. The monoisotopic (exact) mass is 349 g/mol. The topological polar surface area (TPSA) is 63.1 Å². The summed E-state index contributed by atoms with van der Waals surface area (Å²) < 4.78 is 28.6. The molecule has 1 aromatic heterocycles. The van der Waals surface area contributed by atoms with Crippen molar-refractivity contribution in [3.8, 4) is 0 Å². The number of amides is 2. The number of benzene rings is 1. The molecule has 1 aliphatic rings. The zero-order valence-electron chi connectivity index (χ0n) is 14.0. The fourth-order valence-electron chi connectivity index (χ4n) is 3.10. The summed E-state index contributed by atoms with van der Waals surface area (Å²) in [5.41, 5.74) is 0.395. The lowest BCUT2D eigenvalue weighted by atomic mass is 10.0. The van der Waals surface area contributed by atoms with Gasteiger partial charge in [0.1, 0.15) is 24.3 Å². The van der Waals surface area contributed by atoms with E-state index in [4.69, 9.17) is 0 Å². The van der Waals surface area contributed by atoms with Gasteiger partial charge in [-0.15, -0.1) is 0 Å². The molecule has 0 aliphatic carbocycles. The fraction of sp³-hybridized carbons (Fsp3) is 0.471. The second-order valence-electron chi connectivity index (χ2n) is 6.35. The molecule has 8 heteroatoms. The van der Waals surface area contributed by atoms with E-state index in [1.165, 1.54) is 18.5 Å². The minimum absolute atomic E-state index is 0.161. The van der Waals surface area contributed by atoms with Crippen molar-refractivity contribution in [2.75, 3.05) is 19.6 Å². The quantitative estimate of drug-likeness (QED) is 0.923. The number of likely N-dealkylation sites (tertiary alicyclic amines) is 1. The third-order valence-electron chi connectivity index (χ3n) is 4.62. The molecular formula is C17H21F2N5O. The van der Waals surface area contributed by atoms with E-state index in [1.54, 1.807) is 18.2 Å². The maximum Gasteiger partial charge on any atom is 0.317 e. The SMILES string of the molecule is CC(CNC(=O)N1CCC(n2cncn2)CC1)c1ccc(F)cc1F. The molecule has 1 unspecified atom stereocenters. The van der Waals surface area contributed by atoms with Gasteiger partial charge in [-0.2, -0.15) is 5.10 Å². The molecule has 0 spiro atoms. The predicted molar refractivity (Wildman–Crippen MR) is 88.0 cm³/mol. The Labute approximate surface area is 144 Å². The van der Waals surface area contributed by atoms with Crippen LogP contribution >= 0.6 is 0 Å². The van der Waals surface area contributed by atoms with Crippen molar-refractivity contribution < 1.29 is 13.6 Å². The third-order valence-corrected chi connectivity index (χ3v) is 4.62. The minimum Gasteiger partial charge on any atom is -0.337 e. The van der Waals surface area contributed by atoms with E-state index in [2.05, 4.69) is 15.4 Å². The molecule has 134 valence electrons. The van der Waals surface area contributed by atoms with Crippen molar-refractivity contribution in [1.82, 2.24) is 25.0 Å². The number of carbonyl (C=O) groups excluding carboxylic acids is 1. The number of aromatic nitrogens is 3. The lowest BCUT2D eigenvalue weighted by Gasteiger charge is -2.32. The highest BCUT2D eigenvalue weighted by atomic mass is 19.1. The Morgan fingerprint density at radius 1 is 1.36 bits per heavy atom. The molecule has 1 fully saturated rings. The van der Waals surface area contributed by atoms with Crippen LogP contribution in [-0.2, 0) is 0 Å². The molecule has 1 saturated heterocycles. The molecule has 3 rings (SSSR count). The summed E-state index contributed by atoms with van der Waals surface area (Å²) in [6, 6.07) is 3.62. The largest absolute Gasteiger partial charge is 0.337 e. The third kappa shape index (κ3) is 4.12. The summed E-state index contributed by atoms with van der Waals surface area (Å²) in [5, 5.41) is 6.98. The van der Waals surface area contributed by atoms with Crippen molar-refractivity contribution in [3.63, 3.8) is 0 Å². The van der Waals surface area contributed by atoms with Gasteiger partial charge in [-0.3, -0.25) is 0 Å². The van der Waals surface area contributed by atoms with Crippen molar-refractivity contribution in [2.45, 2.75) is 31.7 Å². The van der Waals surface area contributed by atoms with Crippen LogP contribution in [0, 0.1) is 11.6 Å². The van der Waals surface area contributed by atoms with Crippen molar-refractivity contribution in [3.05, 3.63) is 48.1 Å². The van der Waals surface area contributed by atoms with E-state index < -0.39 is 11.6 Å². The van der Waals surface area contributed by atoms with Gasteiger partial charge in [0.05, 0.1) is 6.04 Å². The lowest BCUT2D eigenvalue weighted by molar-refractivity contribution is 0.168. The fourth-order valence-corrected chi connectivity index (χ4v) is 3.10. The Balaban J connectivity index is 1.48. The van der Waals surface area contributed by atoms with Gasteiger partial charge in [0.2, 0.25) is 0 Å². The Hall–Kier alpha value is -2.51. The van der Waals surface area contributed by atoms with Crippen LogP contribution in [0.4, 0.5) is 13.6 Å². The second-order valence-corrected chi connectivity index (χ2v) is 6.35. The number of urea groups is 1. The molecular weight excluding hydrogens is 328 g/mol. The molecule has 2 aromatic rings. The lowest BCUT2D eigenvalue weighted by Crippen LogP contribution is -2.45. The first kappa shape index (κ1) is 17.3. The molecule has 0 saturated carbocycles. The number of rotatable bonds is 4. The number of nitrogens with one attached hydrogen (secondary N) is 1. The maximum absolute atomic E-state index is 13.8. The van der Waals surface area contributed by atoms with Gasteiger partial charge in [-0.1, -0.05) is 13.0 Å². The summed E-state index contributed by atoms with van der Waals surface area (Å²) in [6.45, 7) is 3.36. The van der Waals surface area contributed by atoms with Gasteiger partial charge in [-0.25, -0.2) is 23.2 Å². The average molecular weight is 349 g/mol. The van der Waals surface area contributed by atoms with Gasteiger partial charge in [0.15, 0.2) is 0 Å². The zero-order chi connectivity index (χ0) is 17.8. The number of hydrogen-bond acceptors (Lipinski definition) is 3. The molecule has 1 atom stereocenters. The van der Waals surface area contributed by atoms with Crippen LogP contribution in [0.2, 0.25) is 0 Å². The first-order valence-corrected chi connectivity index (χ1v) is 8.36. The first-order chi connectivity index (χ1) is 12.0. The van der Waals surface area contributed by atoms with Crippen LogP contribution in [0.1, 0.15) is 37.3 Å². The van der Waals surface area contributed by atoms with Crippen LogP contribution in [-0.4, -0.2) is 45.3 Å². The Bertz CT molecular complexity index is 714. The van der Waals surface area contributed by atoms with Gasteiger partial charge < -0.3 is 10.2 Å². The van der Waals surface area contributed by atoms with Crippen LogP contribution < -0.4 is 5.32 Å². The second kappa shape index (κ2) is 7.58. The van der Waals surface area contributed by atoms with Gasteiger partial charge >= 0.3 is 6.03 Å². The molecule has 0 radical (unpaired) electrons. The van der Waals surface area contributed by atoms with Gasteiger partial charge in [0.25, 0.3) is 0 Å². The van der Waals surface area contributed by atoms with Gasteiger partial charge in [-0.05, 0) is 24.5 Å². The summed E-state index contributed by atoms with van der Waals surface area (Å²) in [4.78, 5) is 18.0. The molecule has 1 aromatic carbocycles. The van der Waals surface area contributed by atoms with E-state index in [1.807, 2.05) is 4.68 Å². The highest BCUT2D eigenvalue weighted by molar-refractivity contribution is 5.74. The molecule has 2 heterocycles. The highest BCUT2D eigenvalue weighted by Gasteiger charge is 2.24. The summed E-state index contributed by atoms with van der Waals surface area (Å²) in [5.74, 6) is -1.43. The van der Waals surface area contributed by atoms with Crippen LogP contribution in [0.5, 0.6) is 0 Å². The smallest absolute Gasteiger partial charge is 0.317 e. The standard InChI is InChI=1S/C17H21F2N5O/c1-12(15-3-2-13(18)8-16(15)19)9-21-17(25)23-6-4-14(5-7-23)24-11-20-10-22-24/h2-3,8,10-12,14H,4-7,9H2,1H3,(H,21,25). The van der Waals surface area contributed by atoms with E-state index in [9.17, 15) is 13.6 Å². The highest BCUT2D eigenvalue weighted by Crippen LogP contribution is 2.22. The minimum atomic E-state index is -0.604. The average Bonchev–Trinajstić information content (AvgIpc) is 3.14. The maximum atomic E-state index is 13.8. The molecule has 25 heavy (non-hydrogen) atoms. The van der Waals surface area contributed by atoms with Crippen molar-refractivity contribution >= 4 is 6.03 Å². The number of piperidine rings is 1. The van der Waals surface area contributed by atoms with Crippen LogP contribution in [0.25, 0.3) is 0 Å². The van der Waals surface area contributed by atoms with Gasteiger partial charge in [0, 0.05) is 31.6 Å². The number of halogens is 2. The van der Waals surface area contributed by atoms with E-state index in [0.29, 0.717) is 25.2 Å². The van der Waals surface area contributed by atoms with Crippen LogP contribution in [0.3, 0.4) is 0 Å². The van der Waals surface area contributed by atoms with E-state index >= 15 is 0 Å². The van der Waals surface area contributed by atoms with Crippen molar-refractivity contribution in [2.24, 2.45) is 0 Å². The first-order valence-electron chi connectivity index (χ1n) is 8.36.